The van der Waals surface area contributed by atoms with Gasteiger partial charge in [0.25, 0.3) is 0 Å². The van der Waals surface area contributed by atoms with E-state index in [4.69, 9.17) is 7.73 Å². The van der Waals surface area contributed by atoms with Crippen molar-refractivity contribution in [3.05, 3.63) is 193 Å². The Morgan fingerprint density at radius 1 is 0.625 bits per heavy atom. The zero-order chi connectivity index (χ0) is 45.2. The number of benzene rings is 7. The second-order valence-electron chi connectivity index (χ2n) is 18.2. The van der Waals surface area contributed by atoms with Crippen molar-refractivity contribution in [1.29, 1.82) is 0 Å². The first-order chi connectivity index (χ1) is 31.3. The average Bonchev–Trinajstić information content (AvgIpc) is 3.99. The van der Waals surface area contributed by atoms with Crippen molar-refractivity contribution in [3.8, 4) is 39.5 Å². The predicted molar refractivity (Wildman–Crippen MR) is 265 cm³/mol. The second kappa shape index (κ2) is 17.3. The number of imidazole rings is 1. The molecule has 0 fully saturated rings. The van der Waals surface area contributed by atoms with E-state index in [0.29, 0.717) is 17.4 Å². The normalized spacial score (nSPS) is 12.6. The standard InChI is InChI=1S/C43H34N3.C16H18N.Ir/c1-26(2)33-22-29(28-14-6-5-7-15-28)23-34(27(3)4)41(33)46-40-21-13-10-18-37(40)44-43(46)30-24-35-31-16-8-11-19-38(31)45-39-20-12-9-17-32(39)36(25-30)42(35)45;1-16(2,3)11-13-9-10-15(17-12-13)14-7-5-4-6-8-14;/h5-24,26-27H,1-4H3;4-7,9-10,12H,11H2,1-3H3;/q2*-1;/i;11D2;. The van der Waals surface area contributed by atoms with Crippen molar-refractivity contribution in [2.24, 2.45) is 5.41 Å². The summed E-state index contributed by atoms with van der Waals surface area (Å²) < 4.78 is 21.3. The zero-order valence-electron chi connectivity index (χ0n) is 39.4. The topological polar surface area (TPSA) is 35.1 Å². The van der Waals surface area contributed by atoms with Crippen LogP contribution in [0.1, 0.15) is 79.7 Å². The first-order valence-electron chi connectivity index (χ1n) is 23.1. The summed E-state index contributed by atoms with van der Waals surface area (Å²) in [5.41, 5.74) is 15.0. The maximum absolute atomic E-state index is 8.21. The average molecular weight is 1010 g/mol. The first kappa shape index (κ1) is 40.4. The molecule has 4 heterocycles. The summed E-state index contributed by atoms with van der Waals surface area (Å²) in [4.78, 5) is 9.74. The summed E-state index contributed by atoms with van der Waals surface area (Å²) >= 11 is 0. The molecule has 0 amide bonds. The summed E-state index contributed by atoms with van der Waals surface area (Å²) in [5.74, 6) is 1.54. The molecule has 0 spiro atoms. The molecule has 4 aromatic heterocycles. The molecule has 0 aliphatic carbocycles. The molecule has 1 radical (unpaired) electrons. The van der Waals surface area contributed by atoms with Crippen molar-refractivity contribution in [2.45, 2.75) is 66.7 Å². The molecule has 0 aliphatic heterocycles. The van der Waals surface area contributed by atoms with Crippen LogP contribution in [0.25, 0.3) is 88.6 Å². The third-order valence-corrected chi connectivity index (χ3v) is 11.9. The third-order valence-electron chi connectivity index (χ3n) is 11.9. The van der Waals surface area contributed by atoms with Gasteiger partial charge in [-0.1, -0.05) is 161 Å². The molecule has 0 aliphatic rings. The van der Waals surface area contributed by atoms with Crippen molar-refractivity contribution in [2.75, 3.05) is 0 Å². The number of hydrogen-bond donors (Lipinski definition) is 0. The Morgan fingerprint density at radius 3 is 1.89 bits per heavy atom. The van der Waals surface area contributed by atoms with Gasteiger partial charge in [-0.3, -0.25) is 4.98 Å². The van der Waals surface area contributed by atoms with E-state index in [9.17, 15) is 0 Å². The number of nitrogens with zero attached hydrogens (tertiary/aromatic N) is 4. The number of fused-ring (bicyclic) bond motifs is 7. The molecule has 64 heavy (non-hydrogen) atoms. The number of hydrogen-bond acceptors (Lipinski definition) is 2. The molecule has 0 unspecified atom stereocenters. The van der Waals surface area contributed by atoms with Gasteiger partial charge in [-0.05, 0) is 104 Å². The SMILES string of the molecule is CC(C)c1cc(-c2ccccc2)cc(C(C)C)c1-n1c(-c2[c-]c3c4ccccc4n4c5ccccc5c(c2)c34)nc2ccccc21.[2H]C([2H])(c1ccc(-c2[c-]cccc2)nc1)C(C)(C)C.[Ir]. The summed E-state index contributed by atoms with van der Waals surface area (Å²) in [6.45, 7) is 14.9. The van der Waals surface area contributed by atoms with Crippen LogP contribution in [0.3, 0.4) is 0 Å². The smallest absolute Gasteiger partial charge is 0.0798 e. The number of pyridine rings is 1. The fourth-order valence-corrected chi connectivity index (χ4v) is 9.14. The molecule has 5 heteroatoms. The van der Waals surface area contributed by atoms with E-state index in [1.807, 2.05) is 57.2 Å². The van der Waals surface area contributed by atoms with Crippen LogP contribution >= 0.6 is 0 Å². The van der Waals surface area contributed by atoms with Crippen LogP contribution < -0.4 is 0 Å². The molecule has 0 saturated heterocycles. The van der Waals surface area contributed by atoms with E-state index in [2.05, 4.69) is 175 Å². The van der Waals surface area contributed by atoms with Gasteiger partial charge in [0.15, 0.2) is 0 Å². The van der Waals surface area contributed by atoms with Crippen LogP contribution in [0.15, 0.2) is 164 Å². The monoisotopic (exact) mass is 1010 g/mol. The van der Waals surface area contributed by atoms with Crippen molar-refractivity contribution < 1.29 is 22.8 Å². The van der Waals surface area contributed by atoms with Crippen LogP contribution in [0, 0.1) is 17.5 Å². The molecule has 0 saturated carbocycles. The van der Waals surface area contributed by atoms with Gasteiger partial charge in [-0.15, -0.1) is 48.0 Å². The molecule has 11 rings (SSSR count). The van der Waals surface area contributed by atoms with Crippen LogP contribution in [0.5, 0.6) is 0 Å². The van der Waals surface area contributed by atoms with E-state index < -0.39 is 11.8 Å². The Hall–Kier alpha value is -6.39. The minimum absolute atomic E-state index is 0. The quantitative estimate of drug-likeness (QED) is 0.149. The van der Waals surface area contributed by atoms with Crippen molar-refractivity contribution >= 4 is 49.1 Å². The van der Waals surface area contributed by atoms with Gasteiger partial charge in [0.05, 0.1) is 16.9 Å². The Balaban J connectivity index is 0.000000231. The molecule has 0 bridgehead atoms. The Kier molecular flexibility index (Phi) is 10.9. The molecule has 0 atom stereocenters. The van der Waals surface area contributed by atoms with Crippen molar-refractivity contribution in [1.82, 2.24) is 18.9 Å². The molecule has 319 valence electrons. The van der Waals surface area contributed by atoms with Gasteiger partial charge < -0.3 is 14.0 Å². The first-order valence-corrected chi connectivity index (χ1v) is 22.1. The molecule has 7 aromatic carbocycles. The number of rotatable bonds is 7. The Labute approximate surface area is 393 Å². The van der Waals surface area contributed by atoms with E-state index in [-0.39, 0.29) is 20.1 Å². The molecule has 0 N–H and O–H groups in total. The molecule has 4 nitrogen and oxygen atoms in total. The van der Waals surface area contributed by atoms with Gasteiger partial charge in [-0.2, -0.15) is 0 Å². The minimum atomic E-state index is -1.40. The predicted octanol–water partition coefficient (Wildman–Crippen LogP) is 15.7. The molecular weight excluding hydrogens is 957 g/mol. The fourth-order valence-electron chi connectivity index (χ4n) is 9.14. The fraction of sp³-hybridized carbons (Fsp3) is 0.186. The maximum Gasteiger partial charge on any atom is 0.0798 e. The van der Waals surface area contributed by atoms with Crippen LogP contribution in [-0.4, -0.2) is 18.9 Å². The largest absolute Gasteiger partial charge is 0.348 e. The summed E-state index contributed by atoms with van der Waals surface area (Å²) in [7, 11) is 0. The summed E-state index contributed by atoms with van der Waals surface area (Å²) in [5, 5.41) is 4.85. The Morgan fingerprint density at radius 2 is 1.25 bits per heavy atom. The third kappa shape index (κ3) is 7.82. The van der Waals surface area contributed by atoms with Crippen molar-refractivity contribution in [3.63, 3.8) is 0 Å². The van der Waals surface area contributed by atoms with Gasteiger partial charge in [0.2, 0.25) is 0 Å². The summed E-state index contributed by atoms with van der Waals surface area (Å²) in [6, 6.07) is 62.3. The summed E-state index contributed by atoms with van der Waals surface area (Å²) in [6.07, 6.45) is 0.223. The van der Waals surface area contributed by atoms with Gasteiger partial charge >= 0.3 is 0 Å². The second-order valence-corrected chi connectivity index (χ2v) is 18.2. The Bertz CT molecular complexity index is 3380. The molecule has 11 aromatic rings. The van der Waals surface area contributed by atoms with E-state index in [1.165, 1.54) is 60.6 Å². The molecular formula is C59H52IrN4-2. The maximum atomic E-state index is 8.21. The zero-order valence-corrected chi connectivity index (χ0v) is 39.8. The van der Waals surface area contributed by atoms with Gasteiger partial charge in [0.1, 0.15) is 0 Å². The van der Waals surface area contributed by atoms with E-state index in [1.54, 1.807) is 6.20 Å². The van der Waals surface area contributed by atoms with E-state index in [0.717, 1.165) is 39.1 Å². The van der Waals surface area contributed by atoms with Gasteiger partial charge in [-0.25, -0.2) is 0 Å². The van der Waals surface area contributed by atoms with Gasteiger partial charge in [0, 0.05) is 45.8 Å². The minimum Gasteiger partial charge on any atom is -0.348 e. The number of aromatic nitrogens is 4. The van der Waals surface area contributed by atoms with Crippen LogP contribution in [0.4, 0.5) is 0 Å². The van der Waals surface area contributed by atoms with Crippen LogP contribution in [0.2, 0.25) is 0 Å². The van der Waals surface area contributed by atoms with E-state index >= 15 is 0 Å². The number of para-hydroxylation sites is 4. The van der Waals surface area contributed by atoms with Crippen LogP contribution in [-0.2, 0) is 26.5 Å².